The number of ether oxygens (including phenoxy) is 2. The molecule has 6 heteroatoms. The van der Waals surface area contributed by atoms with E-state index in [-0.39, 0.29) is 48.5 Å². The zero-order valence-electron chi connectivity index (χ0n) is 13.8. The van der Waals surface area contributed by atoms with Crippen LogP contribution in [0.15, 0.2) is 0 Å². The number of carbonyl (C=O) groups excluding carboxylic acids is 3. The van der Waals surface area contributed by atoms with Gasteiger partial charge >= 0.3 is 11.9 Å². The van der Waals surface area contributed by atoms with Crippen molar-refractivity contribution in [3.8, 4) is 0 Å². The van der Waals surface area contributed by atoms with Crippen LogP contribution >= 0.6 is 0 Å². The van der Waals surface area contributed by atoms with Crippen LogP contribution in [-0.4, -0.2) is 40.6 Å². The smallest absolute Gasteiger partial charge is 0.309 e. The highest BCUT2D eigenvalue weighted by atomic mass is 16.6. The Labute approximate surface area is 135 Å². The lowest BCUT2D eigenvalue weighted by Crippen LogP contribution is -2.58. The molecule has 2 saturated carbocycles. The quantitative estimate of drug-likeness (QED) is 0.733. The molecule has 3 aliphatic rings. The number of fused-ring (bicyclic) bond motifs is 3. The second-order valence-electron chi connectivity index (χ2n) is 7.71. The fraction of sp³-hybridized carbons (Fsp3) is 0.824. The third kappa shape index (κ3) is 2.57. The topological polar surface area (TPSA) is 89.9 Å². The lowest BCUT2D eigenvalue weighted by molar-refractivity contribution is -0.182. The Hall–Kier alpha value is -1.43. The Morgan fingerprint density at radius 1 is 1.30 bits per heavy atom. The van der Waals surface area contributed by atoms with Gasteiger partial charge in [-0.2, -0.15) is 0 Å². The summed E-state index contributed by atoms with van der Waals surface area (Å²) in [6, 6.07) is 0. The molecular formula is C17H24O6. The molecule has 23 heavy (non-hydrogen) atoms. The van der Waals surface area contributed by atoms with Crippen molar-refractivity contribution < 1.29 is 29.0 Å². The molecule has 2 bridgehead atoms. The number of esters is 2. The van der Waals surface area contributed by atoms with E-state index in [0.717, 1.165) is 0 Å². The van der Waals surface area contributed by atoms with Gasteiger partial charge in [0.25, 0.3) is 0 Å². The minimum atomic E-state index is -1.50. The number of hydrogen-bond donors (Lipinski definition) is 1. The lowest BCUT2D eigenvalue weighted by Gasteiger charge is -2.49. The molecule has 128 valence electrons. The van der Waals surface area contributed by atoms with Crippen LogP contribution in [0.2, 0.25) is 0 Å². The van der Waals surface area contributed by atoms with Crippen LogP contribution in [-0.2, 0) is 23.9 Å². The number of Topliss-reactive ketones (excluding diaryl/α,β-unsaturated/α-hetero) is 1. The molecular weight excluding hydrogens is 300 g/mol. The van der Waals surface area contributed by atoms with Gasteiger partial charge in [-0.25, -0.2) is 0 Å². The molecule has 2 aliphatic carbocycles. The minimum absolute atomic E-state index is 0.211. The van der Waals surface area contributed by atoms with Crippen LogP contribution in [0.4, 0.5) is 0 Å². The van der Waals surface area contributed by atoms with Gasteiger partial charge in [-0.15, -0.1) is 0 Å². The van der Waals surface area contributed by atoms with E-state index in [9.17, 15) is 19.5 Å². The average molecular weight is 324 g/mol. The Morgan fingerprint density at radius 2 is 2.00 bits per heavy atom. The number of carbonyl (C=O) groups is 3. The number of ketones is 1. The first-order valence-corrected chi connectivity index (χ1v) is 8.31. The van der Waals surface area contributed by atoms with Crippen molar-refractivity contribution in [2.24, 2.45) is 17.3 Å². The van der Waals surface area contributed by atoms with Crippen LogP contribution in [0.25, 0.3) is 0 Å². The molecule has 3 rings (SSSR count). The van der Waals surface area contributed by atoms with E-state index in [1.807, 2.05) is 6.92 Å². The van der Waals surface area contributed by atoms with Gasteiger partial charge in [0.15, 0.2) is 6.10 Å². The normalized spacial score (nSPS) is 46.4. The molecule has 3 fully saturated rings. The Morgan fingerprint density at radius 3 is 2.65 bits per heavy atom. The summed E-state index contributed by atoms with van der Waals surface area (Å²) in [6.45, 7) is 5.11. The van der Waals surface area contributed by atoms with Crippen LogP contribution in [0.5, 0.6) is 0 Å². The predicted molar refractivity (Wildman–Crippen MR) is 79.2 cm³/mol. The highest BCUT2D eigenvalue weighted by Gasteiger charge is 2.59. The summed E-state index contributed by atoms with van der Waals surface area (Å²) >= 11 is 0. The second-order valence-corrected chi connectivity index (χ2v) is 7.71. The SMILES string of the molecule is CC(=O)O[C@H]1CC[C@]2(O)C[C@@]1(C)CC[C@H]1[C@H](C)C(=O)O[C@@H]1C2=O. The van der Waals surface area contributed by atoms with Gasteiger partial charge < -0.3 is 14.6 Å². The monoisotopic (exact) mass is 324 g/mol. The molecule has 0 aromatic heterocycles. The Kier molecular flexibility index (Phi) is 3.78. The maximum absolute atomic E-state index is 12.8. The second kappa shape index (κ2) is 5.30. The van der Waals surface area contributed by atoms with Gasteiger partial charge in [0.2, 0.25) is 5.78 Å². The predicted octanol–water partition coefficient (Wildman–Crippen LogP) is 1.38. The first-order valence-electron chi connectivity index (χ1n) is 8.31. The lowest BCUT2D eigenvalue weighted by atomic mass is 9.59. The molecule has 1 aliphatic heterocycles. The van der Waals surface area contributed by atoms with Crippen molar-refractivity contribution in [1.29, 1.82) is 0 Å². The van der Waals surface area contributed by atoms with E-state index >= 15 is 0 Å². The molecule has 0 unspecified atom stereocenters. The van der Waals surface area contributed by atoms with Gasteiger partial charge in [-0.05, 0) is 32.1 Å². The minimum Gasteiger partial charge on any atom is -0.462 e. The third-order valence-electron chi connectivity index (χ3n) is 6.01. The molecule has 6 nitrogen and oxygen atoms in total. The first kappa shape index (κ1) is 16.4. The number of aliphatic hydroxyl groups is 1. The Bertz CT molecular complexity index is 557. The summed E-state index contributed by atoms with van der Waals surface area (Å²) in [4.78, 5) is 36.1. The van der Waals surface area contributed by atoms with Crippen molar-refractivity contribution in [2.45, 2.75) is 70.7 Å². The molecule has 0 aromatic rings. The van der Waals surface area contributed by atoms with Crippen molar-refractivity contribution >= 4 is 17.7 Å². The van der Waals surface area contributed by atoms with Crippen molar-refractivity contribution in [1.82, 2.24) is 0 Å². The third-order valence-corrected chi connectivity index (χ3v) is 6.01. The molecule has 1 N–H and O–H groups in total. The average Bonchev–Trinajstić information content (AvgIpc) is 2.74. The van der Waals surface area contributed by atoms with Gasteiger partial charge in [0.1, 0.15) is 11.7 Å². The molecule has 0 spiro atoms. The van der Waals surface area contributed by atoms with Crippen LogP contribution < -0.4 is 0 Å². The van der Waals surface area contributed by atoms with Crippen LogP contribution in [0, 0.1) is 17.3 Å². The molecule has 6 atom stereocenters. The molecule has 1 heterocycles. The summed E-state index contributed by atoms with van der Waals surface area (Å²) in [5.41, 5.74) is -1.97. The van der Waals surface area contributed by atoms with Crippen molar-refractivity contribution in [2.75, 3.05) is 0 Å². The van der Waals surface area contributed by atoms with Crippen molar-refractivity contribution in [3.63, 3.8) is 0 Å². The highest BCUT2D eigenvalue weighted by molar-refractivity contribution is 5.95. The molecule has 0 amide bonds. The fourth-order valence-electron chi connectivity index (χ4n) is 4.62. The summed E-state index contributed by atoms with van der Waals surface area (Å²) < 4.78 is 10.7. The van der Waals surface area contributed by atoms with E-state index in [4.69, 9.17) is 9.47 Å². The molecule has 1 saturated heterocycles. The fourth-order valence-corrected chi connectivity index (χ4v) is 4.62. The van der Waals surface area contributed by atoms with Gasteiger partial charge in [0, 0.05) is 18.3 Å². The Balaban J connectivity index is 1.93. The summed E-state index contributed by atoms with van der Waals surface area (Å²) in [5.74, 6) is -1.65. The number of rotatable bonds is 1. The van der Waals surface area contributed by atoms with Crippen LogP contribution in [0.3, 0.4) is 0 Å². The van der Waals surface area contributed by atoms with E-state index in [0.29, 0.717) is 19.3 Å². The van der Waals surface area contributed by atoms with E-state index in [1.54, 1.807) is 6.92 Å². The summed E-state index contributed by atoms with van der Waals surface area (Å²) in [5, 5.41) is 10.9. The van der Waals surface area contributed by atoms with Gasteiger partial charge in [-0.3, -0.25) is 14.4 Å². The largest absolute Gasteiger partial charge is 0.462 e. The van der Waals surface area contributed by atoms with E-state index < -0.39 is 17.1 Å². The standard InChI is InChI=1S/C17H24O6/c1-9-11-4-6-16(3)8-17(21,7-5-12(16)22-10(2)18)14(19)13(11)23-15(9)20/h9,11-13,21H,4-8H2,1-3H3/t9-,11-,12-,13-,16+,17-/m0/s1. The number of hydrogen-bond acceptors (Lipinski definition) is 6. The van der Waals surface area contributed by atoms with Crippen molar-refractivity contribution in [3.05, 3.63) is 0 Å². The van der Waals surface area contributed by atoms with E-state index in [2.05, 4.69) is 0 Å². The summed E-state index contributed by atoms with van der Waals surface area (Å²) in [7, 11) is 0. The maximum atomic E-state index is 12.8. The zero-order valence-corrected chi connectivity index (χ0v) is 13.8. The zero-order chi connectivity index (χ0) is 17.0. The maximum Gasteiger partial charge on any atom is 0.309 e. The first-order chi connectivity index (χ1) is 10.7. The van der Waals surface area contributed by atoms with E-state index in [1.165, 1.54) is 6.92 Å². The molecule has 0 aromatic carbocycles. The van der Waals surface area contributed by atoms with Crippen LogP contribution in [0.1, 0.15) is 52.9 Å². The van der Waals surface area contributed by atoms with Gasteiger partial charge in [0.05, 0.1) is 5.92 Å². The molecule has 0 radical (unpaired) electrons. The van der Waals surface area contributed by atoms with Gasteiger partial charge in [-0.1, -0.05) is 13.8 Å². The summed E-state index contributed by atoms with van der Waals surface area (Å²) in [6.07, 6.45) is 1.10. The highest BCUT2D eigenvalue weighted by Crippen LogP contribution is 2.51.